The Morgan fingerprint density at radius 2 is 2.22 bits per heavy atom. The van der Waals surface area contributed by atoms with Crippen molar-refractivity contribution in [3.8, 4) is 11.5 Å². The molecule has 1 aliphatic carbocycles. The highest BCUT2D eigenvalue weighted by Crippen LogP contribution is 2.45. The maximum Gasteiger partial charge on any atom is 0.511 e. The second kappa shape index (κ2) is 7.70. The lowest BCUT2D eigenvalue weighted by Crippen LogP contribution is -2.39. The summed E-state index contributed by atoms with van der Waals surface area (Å²) in [5, 5.41) is 13.9. The summed E-state index contributed by atoms with van der Waals surface area (Å²) in [6, 6.07) is 1.16. The third kappa shape index (κ3) is 3.17. The Morgan fingerprint density at radius 3 is 2.97 bits per heavy atom. The third-order valence-electron chi connectivity index (χ3n) is 6.70. The summed E-state index contributed by atoms with van der Waals surface area (Å²) in [5.41, 5.74) is 0.0542. The third-order valence-corrected chi connectivity index (χ3v) is 6.70. The number of carboxylic acid groups (broad SMARTS) is 1. The number of benzene rings is 1. The van der Waals surface area contributed by atoms with Crippen LogP contribution in [0, 0.1) is 23.6 Å². The fraction of sp³-hybridized carbons (Fsp3) is 0.455. The van der Waals surface area contributed by atoms with Crippen LogP contribution < -0.4 is 30.1 Å². The van der Waals surface area contributed by atoms with Gasteiger partial charge in [-0.3, -0.25) is 14.5 Å². The molecule has 2 aliphatic heterocycles. The number of nitrogens with one attached hydrogen (secondary N) is 1. The van der Waals surface area contributed by atoms with Crippen LogP contribution in [0.3, 0.4) is 0 Å². The molecule has 3 heterocycles. The van der Waals surface area contributed by atoms with Crippen molar-refractivity contribution in [1.82, 2.24) is 9.99 Å². The van der Waals surface area contributed by atoms with E-state index in [1.54, 1.807) is 16.7 Å². The Balaban J connectivity index is 1.63. The number of ether oxygens (including phenoxy) is 2. The molecule has 0 radical (unpaired) electrons. The molecule has 0 saturated carbocycles. The zero-order valence-corrected chi connectivity index (χ0v) is 17.9. The van der Waals surface area contributed by atoms with E-state index in [2.05, 4.69) is 22.2 Å². The van der Waals surface area contributed by atoms with Gasteiger partial charge < -0.3 is 24.8 Å². The van der Waals surface area contributed by atoms with E-state index in [0.717, 1.165) is 19.0 Å². The number of pyridine rings is 1. The number of hydrogen-bond acceptors (Lipinski definition) is 7. The van der Waals surface area contributed by atoms with Gasteiger partial charge in [-0.1, -0.05) is 12.2 Å². The van der Waals surface area contributed by atoms with E-state index in [4.69, 9.17) is 9.84 Å². The molecule has 0 amide bonds. The molecular formula is C22H25FN4O5. The van der Waals surface area contributed by atoms with Crippen molar-refractivity contribution in [2.45, 2.75) is 6.42 Å². The van der Waals surface area contributed by atoms with Crippen molar-refractivity contribution in [3.05, 3.63) is 40.5 Å². The maximum atomic E-state index is 15.5. The molecule has 170 valence electrons. The van der Waals surface area contributed by atoms with Crippen LogP contribution in [0.1, 0.15) is 6.42 Å². The number of aromatic nitrogens is 1. The van der Waals surface area contributed by atoms with Gasteiger partial charge in [-0.25, -0.2) is 9.18 Å². The summed E-state index contributed by atoms with van der Waals surface area (Å²) in [5.74, 6) is 0.545. The highest BCUT2D eigenvalue weighted by molar-refractivity contribution is 5.93. The highest BCUT2D eigenvalue weighted by Gasteiger charge is 2.40. The van der Waals surface area contributed by atoms with E-state index in [1.165, 1.54) is 6.20 Å². The molecule has 1 aromatic carbocycles. The Bertz CT molecular complexity index is 1180. The monoisotopic (exact) mass is 444 g/mol. The van der Waals surface area contributed by atoms with Gasteiger partial charge in [0.05, 0.1) is 11.6 Å². The van der Waals surface area contributed by atoms with Crippen molar-refractivity contribution in [2.24, 2.45) is 17.8 Å². The predicted octanol–water partition coefficient (Wildman–Crippen LogP) is 1.96. The van der Waals surface area contributed by atoms with E-state index in [9.17, 15) is 9.59 Å². The van der Waals surface area contributed by atoms with Gasteiger partial charge in [0.1, 0.15) is 11.2 Å². The predicted molar refractivity (Wildman–Crippen MR) is 117 cm³/mol. The molecule has 3 unspecified atom stereocenters. The fourth-order valence-electron chi connectivity index (χ4n) is 5.30. The highest BCUT2D eigenvalue weighted by atomic mass is 19.1. The van der Waals surface area contributed by atoms with Crippen molar-refractivity contribution >= 4 is 22.7 Å². The summed E-state index contributed by atoms with van der Waals surface area (Å²) in [6.45, 7) is 2.37. The van der Waals surface area contributed by atoms with Gasteiger partial charge in [-0.2, -0.15) is 0 Å². The van der Waals surface area contributed by atoms with Crippen LogP contribution in [0.4, 0.5) is 14.9 Å². The number of nitrogens with zero attached hydrogens (tertiary/aromatic N) is 3. The van der Waals surface area contributed by atoms with Gasteiger partial charge >= 0.3 is 6.16 Å². The average Bonchev–Trinajstić information content (AvgIpc) is 3.18. The quantitative estimate of drug-likeness (QED) is 0.546. The lowest BCUT2D eigenvalue weighted by molar-refractivity contribution is 0.143. The largest absolute Gasteiger partial charge is 0.511 e. The molecule has 3 aliphatic rings. The van der Waals surface area contributed by atoms with Crippen molar-refractivity contribution in [2.75, 3.05) is 50.4 Å². The molecule has 0 spiro atoms. The first-order valence-corrected chi connectivity index (χ1v) is 10.6. The number of hydrogen-bond donors (Lipinski definition) is 2. The van der Waals surface area contributed by atoms with Crippen LogP contribution in [-0.2, 0) is 0 Å². The first-order valence-electron chi connectivity index (χ1n) is 10.6. The van der Waals surface area contributed by atoms with E-state index < -0.39 is 17.4 Å². The minimum atomic E-state index is -1.61. The topological polar surface area (TPSA) is 96.3 Å². The zero-order chi connectivity index (χ0) is 22.6. The Hall–Kier alpha value is -3.27. The molecule has 1 saturated heterocycles. The molecule has 9 nitrogen and oxygen atoms in total. The Kier molecular flexibility index (Phi) is 4.96. The van der Waals surface area contributed by atoms with Crippen LogP contribution in [0.15, 0.2) is 29.2 Å². The number of fused-ring (bicyclic) bond motifs is 1. The summed E-state index contributed by atoms with van der Waals surface area (Å²) in [6.07, 6.45) is 5.11. The number of halogens is 1. The summed E-state index contributed by atoms with van der Waals surface area (Å²) in [7, 11) is 3.65. The number of rotatable bonds is 4. The van der Waals surface area contributed by atoms with Crippen LogP contribution in [0.2, 0.25) is 0 Å². The minimum absolute atomic E-state index is 0.0119. The van der Waals surface area contributed by atoms with Gasteiger partial charge in [-0.15, -0.1) is 0 Å². The van der Waals surface area contributed by atoms with Gasteiger partial charge in [0.2, 0.25) is 11.2 Å². The summed E-state index contributed by atoms with van der Waals surface area (Å²) < 4.78 is 27.7. The molecule has 2 N–H and O–H groups in total. The maximum absolute atomic E-state index is 15.5. The molecule has 2 aromatic rings. The summed E-state index contributed by atoms with van der Waals surface area (Å²) >= 11 is 0. The van der Waals surface area contributed by atoms with Crippen LogP contribution in [-0.4, -0.2) is 56.4 Å². The molecule has 10 heteroatoms. The van der Waals surface area contributed by atoms with Crippen LogP contribution >= 0.6 is 0 Å². The van der Waals surface area contributed by atoms with E-state index in [1.807, 2.05) is 11.9 Å². The second-order valence-electron chi connectivity index (χ2n) is 8.61. The van der Waals surface area contributed by atoms with Gasteiger partial charge in [0, 0.05) is 26.7 Å². The lowest BCUT2D eigenvalue weighted by Gasteiger charge is -2.33. The number of anilines is 1. The van der Waals surface area contributed by atoms with E-state index in [0.29, 0.717) is 47.8 Å². The Labute approximate surface area is 183 Å². The molecular weight excluding hydrogens is 419 g/mol. The lowest BCUT2D eigenvalue weighted by atomic mass is 9.78. The summed E-state index contributed by atoms with van der Waals surface area (Å²) in [4.78, 5) is 25.9. The fourth-order valence-corrected chi connectivity index (χ4v) is 5.30. The molecule has 1 aromatic heterocycles. The average molecular weight is 444 g/mol. The van der Waals surface area contributed by atoms with Crippen molar-refractivity contribution in [1.29, 1.82) is 0 Å². The number of allylic oxidation sites excluding steroid dienone is 1. The first-order chi connectivity index (χ1) is 15.4. The van der Waals surface area contributed by atoms with Gasteiger partial charge in [0.25, 0.3) is 0 Å². The van der Waals surface area contributed by atoms with Crippen molar-refractivity contribution < 1.29 is 23.8 Å². The molecule has 1 fully saturated rings. The standard InChI is InChI=1S/C22H25FN4O5/c1-24-7-12-4-3-5-13-8-26(9-15(12)13)19-16(23)6-14-18-21(19)31-11-25(2)27(18)10-17(20(14)28)32-22(29)30/h3-4,6,10,12-13,15,24H,5,7-9,11H2,1-2H3,(H,29,30). The number of carbonyl (C=O) groups is 1. The van der Waals surface area contributed by atoms with E-state index in [-0.39, 0.29) is 17.9 Å². The Morgan fingerprint density at radius 1 is 1.41 bits per heavy atom. The smallest absolute Gasteiger partial charge is 0.467 e. The van der Waals surface area contributed by atoms with Crippen molar-refractivity contribution in [3.63, 3.8) is 0 Å². The van der Waals surface area contributed by atoms with Crippen LogP contribution in [0.25, 0.3) is 10.9 Å². The van der Waals surface area contributed by atoms with Crippen LogP contribution in [0.5, 0.6) is 11.5 Å². The molecule has 3 atom stereocenters. The molecule has 32 heavy (non-hydrogen) atoms. The zero-order valence-electron chi connectivity index (χ0n) is 17.9. The normalized spacial score (nSPS) is 23.9. The van der Waals surface area contributed by atoms with E-state index >= 15 is 4.39 Å². The molecule has 0 bridgehead atoms. The molecule has 5 rings (SSSR count). The first kappa shape index (κ1) is 20.6. The van der Waals surface area contributed by atoms with Gasteiger partial charge in [0.15, 0.2) is 18.3 Å². The second-order valence-corrected chi connectivity index (χ2v) is 8.61. The minimum Gasteiger partial charge on any atom is -0.467 e. The SMILES string of the molecule is CNCC1C=CCC2CN(c3c(F)cc4c(=O)c(OC(=O)O)cn5c4c3OCN5C)CC12. The van der Waals surface area contributed by atoms with Gasteiger partial charge in [-0.05, 0) is 37.3 Å².